The van der Waals surface area contributed by atoms with E-state index in [1.807, 2.05) is 24.4 Å². The second kappa shape index (κ2) is 7.54. The van der Waals surface area contributed by atoms with Crippen LogP contribution in [0.2, 0.25) is 0 Å². The number of likely N-dealkylation sites (tertiary alicyclic amines) is 1. The summed E-state index contributed by atoms with van der Waals surface area (Å²) in [6.07, 6.45) is 5.33. The molecule has 2 saturated heterocycles. The van der Waals surface area contributed by atoms with Crippen LogP contribution in [0.1, 0.15) is 12.8 Å². The number of ether oxygens (including phenoxy) is 1. The number of nitrogens with zero attached hydrogens (tertiary/aromatic N) is 4. The lowest BCUT2D eigenvalue weighted by molar-refractivity contribution is -0.123. The smallest absolute Gasteiger partial charge is 0.228 e. The third-order valence-corrected chi connectivity index (χ3v) is 6.34. The summed E-state index contributed by atoms with van der Waals surface area (Å²) in [5.74, 6) is 0.641. The highest BCUT2D eigenvalue weighted by Gasteiger charge is 2.32. The van der Waals surface area contributed by atoms with Crippen molar-refractivity contribution in [3.8, 4) is 10.6 Å². The predicted octanol–water partition coefficient (Wildman–Crippen LogP) is 2.80. The molecule has 2 aliphatic rings. The van der Waals surface area contributed by atoms with Crippen LogP contribution in [0, 0.1) is 5.92 Å². The molecule has 144 valence electrons. The fourth-order valence-electron chi connectivity index (χ4n) is 3.75. The summed E-state index contributed by atoms with van der Waals surface area (Å²) < 4.78 is 5.27. The van der Waals surface area contributed by atoms with E-state index in [9.17, 15) is 4.79 Å². The van der Waals surface area contributed by atoms with E-state index < -0.39 is 0 Å². The van der Waals surface area contributed by atoms with Gasteiger partial charge in [-0.15, -0.1) is 11.3 Å². The second-order valence-corrected chi connectivity index (χ2v) is 8.20. The summed E-state index contributed by atoms with van der Waals surface area (Å²) in [6, 6.07) is 6.36. The van der Waals surface area contributed by atoms with Crippen molar-refractivity contribution in [3.05, 3.63) is 36.1 Å². The van der Waals surface area contributed by atoms with Crippen LogP contribution in [0.4, 0.5) is 5.82 Å². The normalized spacial score (nSPS) is 18.9. The van der Waals surface area contributed by atoms with Crippen molar-refractivity contribution in [2.24, 2.45) is 5.92 Å². The van der Waals surface area contributed by atoms with E-state index in [4.69, 9.17) is 9.72 Å². The van der Waals surface area contributed by atoms with Gasteiger partial charge in [-0.3, -0.25) is 14.7 Å². The predicted molar refractivity (Wildman–Crippen MR) is 108 cm³/mol. The zero-order valence-electron chi connectivity index (χ0n) is 15.4. The molecule has 8 heteroatoms. The molecular weight excluding hydrogens is 374 g/mol. The molecule has 0 bridgehead atoms. The molecule has 1 amide bonds. The minimum absolute atomic E-state index is 0.0335. The minimum atomic E-state index is 0.0335. The third kappa shape index (κ3) is 3.50. The molecule has 7 nitrogen and oxygen atoms in total. The van der Waals surface area contributed by atoms with Gasteiger partial charge in [0.1, 0.15) is 5.82 Å². The van der Waals surface area contributed by atoms with Crippen LogP contribution >= 0.6 is 11.3 Å². The quantitative estimate of drug-likeness (QED) is 0.732. The Bertz CT molecular complexity index is 981. The molecule has 3 aromatic heterocycles. The molecular formula is C20H21N5O2S. The average Bonchev–Trinajstić information content (AvgIpc) is 3.21. The molecule has 28 heavy (non-hydrogen) atoms. The number of hydrogen-bond acceptors (Lipinski definition) is 7. The zero-order valence-corrected chi connectivity index (χ0v) is 16.2. The van der Waals surface area contributed by atoms with Gasteiger partial charge in [0, 0.05) is 29.8 Å². The van der Waals surface area contributed by atoms with Crippen molar-refractivity contribution in [1.29, 1.82) is 0 Å². The number of aromatic nitrogens is 3. The van der Waals surface area contributed by atoms with Gasteiger partial charge in [-0.1, -0.05) is 0 Å². The summed E-state index contributed by atoms with van der Waals surface area (Å²) in [5.41, 5.74) is 3.49. The molecule has 0 spiro atoms. The number of rotatable bonds is 4. The highest BCUT2D eigenvalue weighted by atomic mass is 32.1. The summed E-state index contributed by atoms with van der Waals surface area (Å²) in [6.45, 7) is 3.57. The lowest BCUT2D eigenvalue weighted by Crippen LogP contribution is -2.52. The van der Waals surface area contributed by atoms with Crippen molar-refractivity contribution in [1.82, 2.24) is 19.9 Å². The van der Waals surface area contributed by atoms with E-state index in [1.165, 1.54) is 0 Å². The van der Waals surface area contributed by atoms with Crippen molar-refractivity contribution in [2.75, 3.05) is 31.6 Å². The molecule has 0 aliphatic carbocycles. The van der Waals surface area contributed by atoms with Gasteiger partial charge in [-0.2, -0.15) is 0 Å². The van der Waals surface area contributed by atoms with Crippen LogP contribution < -0.4 is 5.32 Å². The Morgan fingerprint density at radius 2 is 2.07 bits per heavy atom. The highest BCUT2D eigenvalue weighted by Crippen LogP contribution is 2.26. The first-order valence-electron chi connectivity index (χ1n) is 9.54. The van der Waals surface area contributed by atoms with Crippen molar-refractivity contribution in [2.45, 2.75) is 18.9 Å². The number of thiazole rings is 1. The van der Waals surface area contributed by atoms with Crippen LogP contribution in [0.25, 0.3) is 21.5 Å². The van der Waals surface area contributed by atoms with E-state index in [0.717, 1.165) is 60.6 Å². The third-order valence-electron chi connectivity index (χ3n) is 5.55. The molecule has 1 N–H and O–H groups in total. The van der Waals surface area contributed by atoms with Gasteiger partial charge >= 0.3 is 0 Å². The van der Waals surface area contributed by atoms with Crippen LogP contribution in [-0.4, -0.2) is 58.1 Å². The fraction of sp³-hybridized carbons (Fsp3) is 0.400. The number of anilines is 1. The summed E-state index contributed by atoms with van der Waals surface area (Å²) >= 11 is 1.56. The monoisotopic (exact) mass is 395 g/mol. The number of hydrogen-bond donors (Lipinski definition) is 1. The summed E-state index contributed by atoms with van der Waals surface area (Å²) in [7, 11) is 0. The molecule has 0 unspecified atom stereocenters. The first-order valence-corrected chi connectivity index (χ1v) is 10.4. The number of amides is 1. The Balaban J connectivity index is 1.27. The minimum Gasteiger partial charge on any atom is -0.378 e. The Hall–Kier alpha value is -2.42. The highest BCUT2D eigenvalue weighted by molar-refractivity contribution is 7.13. The van der Waals surface area contributed by atoms with Gasteiger partial charge in [0.05, 0.1) is 40.9 Å². The van der Waals surface area contributed by atoms with Gasteiger partial charge in [0.2, 0.25) is 5.91 Å². The molecule has 0 atom stereocenters. The topological polar surface area (TPSA) is 80.2 Å². The lowest BCUT2D eigenvalue weighted by Gasteiger charge is -2.41. The second-order valence-electron chi connectivity index (χ2n) is 7.32. The van der Waals surface area contributed by atoms with E-state index in [1.54, 1.807) is 23.0 Å². The Kier molecular flexibility index (Phi) is 4.76. The molecule has 0 radical (unpaired) electrons. The fourth-order valence-corrected chi connectivity index (χ4v) is 4.34. The summed E-state index contributed by atoms with van der Waals surface area (Å²) in [5, 5.41) is 3.93. The molecule has 5 rings (SSSR count). The first-order chi connectivity index (χ1) is 13.8. The van der Waals surface area contributed by atoms with Crippen LogP contribution in [0.15, 0.2) is 36.1 Å². The standard InChI is InChI=1S/C20H21N5O2S/c26-20(13-3-5-25(6-4-13)15-10-27-11-15)24-19-7-17-14(8-22-19)1-2-16(23-17)18-9-21-12-28-18/h1-2,7-9,12-13,15H,3-6,10-11H2,(H,22,24,26). The Morgan fingerprint density at radius 3 is 2.79 bits per heavy atom. The molecule has 3 aromatic rings. The summed E-state index contributed by atoms with van der Waals surface area (Å²) in [4.78, 5) is 29.4. The molecule has 0 saturated carbocycles. The van der Waals surface area contributed by atoms with Gasteiger partial charge < -0.3 is 10.1 Å². The first kappa shape index (κ1) is 17.7. The largest absolute Gasteiger partial charge is 0.378 e. The van der Waals surface area contributed by atoms with Crippen LogP contribution in [-0.2, 0) is 9.53 Å². The van der Waals surface area contributed by atoms with Gasteiger partial charge in [-0.25, -0.2) is 9.97 Å². The molecule has 2 fully saturated rings. The van der Waals surface area contributed by atoms with Crippen molar-refractivity contribution in [3.63, 3.8) is 0 Å². The van der Waals surface area contributed by atoms with Crippen molar-refractivity contribution < 1.29 is 9.53 Å². The number of nitrogens with one attached hydrogen (secondary N) is 1. The van der Waals surface area contributed by atoms with E-state index in [0.29, 0.717) is 11.9 Å². The van der Waals surface area contributed by atoms with Gasteiger partial charge in [0.15, 0.2) is 0 Å². The molecule has 2 aliphatic heterocycles. The van der Waals surface area contributed by atoms with Gasteiger partial charge in [0.25, 0.3) is 0 Å². The average molecular weight is 395 g/mol. The lowest BCUT2D eigenvalue weighted by atomic mass is 9.94. The molecule has 0 aromatic carbocycles. The van der Waals surface area contributed by atoms with E-state index >= 15 is 0 Å². The Morgan fingerprint density at radius 1 is 1.21 bits per heavy atom. The van der Waals surface area contributed by atoms with Crippen LogP contribution in [0.5, 0.6) is 0 Å². The van der Waals surface area contributed by atoms with Crippen LogP contribution in [0.3, 0.4) is 0 Å². The maximum atomic E-state index is 12.7. The van der Waals surface area contributed by atoms with Crippen molar-refractivity contribution >= 4 is 34.0 Å². The Labute approximate surface area is 166 Å². The number of carbonyl (C=O) groups is 1. The SMILES string of the molecule is O=C(Nc1cc2nc(-c3cncs3)ccc2cn1)C1CCN(C2COC2)CC1. The number of pyridine rings is 2. The molecule has 5 heterocycles. The number of fused-ring (bicyclic) bond motifs is 1. The maximum absolute atomic E-state index is 12.7. The van der Waals surface area contributed by atoms with E-state index in [2.05, 4.69) is 20.2 Å². The maximum Gasteiger partial charge on any atom is 0.228 e. The number of piperidine rings is 1. The van der Waals surface area contributed by atoms with E-state index in [-0.39, 0.29) is 11.8 Å². The number of carbonyl (C=O) groups excluding carboxylic acids is 1. The van der Waals surface area contributed by atoms with Gasteiger partial charge in [-0.05, 0) is 38.1 Å². The zero-order chi connectivity index (χ0) is 18.9.